The van der Waals surface area contributed by atoms with Crippen molar-refractivity contribution < 1.29 is 17.9 Å². The average molecular weight is 446 g/mol. The van der Waals surface area contributed by atoms with Crippen LogP contribution in [0.15, 0.2) is 24.3 Å². The number of methoxy groups -OCH3 is 1. The van der Waals surface area contributed by atoms with E-state index in [2.05, 4.69) is 26.3 Å². The second-order valence-electron chi connectivity index (χ2n) is 8.46. The lowest BCUT2D eigenvalue weighted by Crippen LogP contribution is -2.36. The molecule has 168 valence electrons. The van der Waals surface area contributed by atoms with Crippen LogP contribution in [0.2, 0.25) is 0 Å². The van der Waals surface area contributed by atoms with Crippen LogP contribution in [0, 0.1) is 0 Å². The summed E-state index contributed by atoms with van der Waals surface area (Å²) in [4.78, 5) is 14.0. The van der Waals surface area contributed by atoms with E-state index in [1.54, 1.807) is 10.4 Å². The number of nitrogens with zero attached hydrogens (tertiary/aromatic N) is 3. The second-order valence-corrected chi connectivity index (χ2v) is 10.4. The minimum atomic E-state index is -3.25. The molecule has 8 heteroatoms. The first-order valence-corrected chi connectivity index (χ1v) is 12.8. The van der Waals surface area contributed by atoms with Crippen molar-refractivity contribution in [1.82, 2.24) is 13.8 Å². The molecule has 1 saturated heterocycles. The molecule has 1 fully saturated rings. The summed E-state index contributed by atoms with van der Waals surface area (Å²) in [5, 5.41) is 1.06. The van der Waals surface area contributed by atoms with Crippen LogP contribution in [0.5, 0.6) is 0 Å². The SMILES string of the molecule is COC(=O)/C=C/c1ccc2c(c1)c1c(n2CCN2CCCCC2)CCN(S(C)(=O)=O)C1. The van der Waals surface area contributed by atoms with Crippen molar-refractivity contribution in [1.29, 1.82) is 0 Å². The fraction of sp³-hybridized carbons (Fsp3) is 0.522. The number of aromatic nitrogens is 1. The summed E-state index contributed by atoms with van der Waals surface area (Å²) in [6.45, 7) is 5.14. The van der Waals surface area contributed by atoms with E-state index in [1.807, 2.05) is 6.07 Å². The molecule has 2 aromatic rings. The zero-order chi connectivity index (χ0) is 22.0. The van der Waals surface area contributed by atoms with Gasteiger partial charge >= 0.3 is 5.97 Å². The Balaban J connectivity index is 1.71. The fourth-order valence-corrected chi connectivity index (χ4v) is 5.53. The van der Waals surface area contributed by atoms with Gasteiger partial charge in [-0.2, -0.15) is 4.31 Å². The Morgan fingerprint density at radius 1 is 1.13 bits per heavy atom. The van der Waals surface area contributed by atoms with Gasteiger partial charge in [-0.05, 0) is 55.3 Å². The summed E-state index contributed by atoms with van der Waals surface area (Å²) < 4.78 is 33.0. The normalized spacial score (nSPS) is 18.5. The van der Waals surface area contributed by atoms with Crippen molar-refractivity contribution in [3.63, 3.8) is 0 Å². The molecule has 7 nitrogen and oxygen atoms in total. The number of hydrogen-bond acceptors (Lipinski definition) is 5. The van der Waals surface area contributed by atoms with Gasteiger partial charge in [0.05, 0.1) is 13.4 Å². The van der Waals surface area contributed by atoms with Crippen molar-refractivity contribution >= 4 is 33.0 Å². The molecule has 2 aliphatic rings. The predicted octanol–water partition coefficient (Wildman–Crippen LogP) is 2.63. The van der Waals surface area contributed by atoms with Gasteiger partial charge in [0.15, 0.2) is 0 Å². The Morgan fingerprint density at radius 3 is 2.61 bits per heavy atom. The maximum absolute atomic E-state index is 12.2. The lowest BCUT2D eigenvalue weighted by Gasteiger charge is -2.28. The minimum absolute atomic E-state index is 0.394. The molecule has 31 heavy (non-hydrogen) atoms. The number of carbonyl (C=O) groups excluding carboxylic acids is 1. The number of sulfonamides is 1. The number of fused-ring (bicyclic) bond motifs is 3. The zero-order valence-electron chi connectivity index (χ0n) is 18.3. The summed E-state index contributed by atoms with van der Waals surface area (Å²) in [7, 11) is -1.90. The number of likely N-dealkylation sites (tertiary alicyclic amines) is 1. The number of esters is 1. The van der Waals surface area contributed by atoms with Gasteiger partial charge in [-0.1, -0.05) is 12.5 Å². The lowest BCUT2D eigenvalue weighted by atomic mass is 10.0. The van der Waals surface area contributed by atoms with Gasteiger partial charge in [-0.15, -0.1) is 0 Å². The molecule has 2 aliphatic heterocycles. The molecule has 0 N–H and O–H groups in total. The number of hydrogen-bond donors (Lipinski definition) is 0. The van der Waals surface area contributed by atoms with Gasteiger partial charge in [0.2, 0.25) is 10.0 Å². The molecule has 4 rings (SSSR count). The summed E-state index contributed by atoms with van der Waals surface area (Å²) in [5.74, 6) is -0.399. The molecule has 0 saturated carbocycles. The molecule has 1 aromatic carbocycles. The van der Waals surface area contributed by atoms with E-state index < -0.39 is 16.0 Å². The van der Waals surface area contributed by atoms with Crippen molar-refractivity contribution in [2.75, 3.05) is 39.5 Å². The monoisotopic (exact) mass is 445 g/mol. The first-order chi connectivity index (χ1) is 14.9. The van der Waals surface area contributed by atoms with E-state index >= 15 is 0 Å². The van der Waals surface area contributed by atoms with Gasteiger partial charge < -0.3 is 14.2 Å². The molecule has 0 amide bonds. The molecule has 0 aliphatic carbocycles. The van der Waals surface area contributed by atoms with Crippen LogP contribution in [0.4, 0.5) is 0 Å². The first kappa shape index (κ1) is 22.0. The Morgan fingerprint density at radius 2 is 1.90 bits per heavy atom. The smallest absolute Gasteiger partial charge is 0.330 e. The molecule has 0 bridgehead atoms. The first-order valence-electron chi connectivity index (χ1n) is 10.9. The average Bonchev–Trinajstić information content (AvgIpc) is 3.08. The van der Waals surface area contributed by atoms with Gasteiger partial charge in [0.25, 0.3) is 0 Å². The topological polar surface area (TPSA) is 71.8 Å². The summed E-state index contributed by atoms with van der Waals surface area (Å²) in [6, 6.07) is 6.14. The van der Waals surface area contributed by atoms with Crippen LogP contribution in [0.1, 0.15) is 36.1 Å². The van der Waals surface area contributed by atoms with Crippen molar-refractivity contribution in [2.45, 2.75) is 38.8 Å². The largest absolute Gasteiger partial charge is 0.466 e. The highest BCUT2D eigenvalue weighted by Gasteiger charge is 2.28. The lowest BCUT2D eigenvalue weighted by molar-refractivity contribution is -0.134. The van der Waals surface area contributed by atoms with E-state index in [1.165, 1.54) is 44.4 Å². The van der Waals surface area contributed by atoms with E-state index in [9.17, 15) is 13.2 Å². The van der Waals surface area contributed by atoms with Crippen LogP contribution in [0.25, 0.3) is 17.0 Å². The van der Waals surface area contributed by atoms with Crippen LogP contribution in [-0.4, -0.2) is 67.7 Å². The number of benzene rings is 1. The predicted molar refractivity (Wildman–Crippen MR) is 122 cm³/mol. The quantitative estimate of drug-likeness (QED) is 0.505. The van der Waals surface area contributed by atoms with E-state index in [4.69, 9.17) is 0 Å². The Bertz CT molecular complexity index is 1100. The van der Waals surface area contributed by atoms with E-state index in [-0.39, 0.29) is 0 Å². The zero-order valence-corrected chi connectivity index (χ0v) is 19.2. The number of piperidine rings is 1. The Labute approximate surface area is 184 Å². The number of ether oxygens (including phenoxy) is 1. The summed E-state index contributed by atoms with van der Waals surface area (Å²) in [5.41, 5.74) is 4.34. The van der Waals surface area contributed by atoms with E-state index in [0.717, 1.165) is 48.2 Å². The van der Waals surface area contributed by atoms with Gasteiger partial charge in [0, 0.05) is 55.3 Å². The third-order valence-corrected chi connectivity index (χ3v) is 7.66. The maximum Gasteiger partial charge on any atom is 0.330 e. The van der Waals surface area contributed by atoms with Crippen molar-refractivity contribution in [2.24, 2.45) is 0 Å². The van der Waals surface area contributed by atoms with Crippen molar-refractivity contribution in [3.05, 3.63) is 41.1 Å². The van der Waals surface area contributed by atoms with E-state index in [0.29, 0.717) is 19.5 Å². The molecule has 3 heterocycles. The van der Waals surface area contributed by atoms with Crippen LogP contribution < -0.4 is 0 Å². The molecule has 0 spiro atoms. The molecular weight excluding hydrogens is 414 g/mol. The van der Waals surface area contributed by atoms with Gasteiger partial charge in [-0.25, -0.2) is 13.2 Å². The van der Waals surface area contributed by atoms with Crippen LogP contribution in [-0.2, 0) is 39.1 Å². The second kappa shape index (κ2) is 9.14. The van der Waals surface area contributed by atoms with Gasteiger partial charge in [-0.3, -0.25) is 0 Å². The Hall–Kier alpha value is -2.16. The standard InChI is InChI=1S/C23H31N3O4S/c1-30-23(27)9-7-18-6-8-21-19(16-18)20-17-25(31(2,28)29)13-10-22(20)26(21)15-14-24-11-4-3-5-12-24/h6-9,16H,3-5,10-15,17H2,1-2H3/b9-7+. The highest BCUT2D eigenvalue weighted by atomic mass is 32.2. The summed E-state index contributed by atoms with van der Waals surface area (Å²) >= 11 is 0. The number of carbonyl (C=O) groups is 1. The van der Waals surface area contributed by atoms with Crippen LogP contribution >= 0.6 is 0 Å². The highest BCUT2D eigenvalue weighted by Crippen LogP contribution is 2.33. The summed E-state index contributed by atoms with van der Waals surface area (Å²) in [6.07, 6.45) is 8.99. The van der Waals surface area contributed by atoms with Gasteiger partial charge in [0.1, 0.15) is 0 Å². The number of rotatable bonds is 6. The highest BCUT2D eigenvalue weighted by molar-refractivity contribution is 7.88. The molecular formula is C23H31N3O4S. The third-order valence-electron chi connectivity index (χ3n) is 6.41. The van der Waals surface area contributed by atoms with Crippen molar-refractivity contribution in [3.8, 4) is 0 Å². The molecule has 0 atom stereocenters. The molecule has 1 aromatic heterocycles. The molecule has 0 radical (unpaired) electrons. The fourth-order valence-electron chi connectivity index (χ4n) is 4.74. The minimum Gasteiger partial charge on any atom is -0.466 e. The third kappa shape index (κ3) is 4.86. The Kier molecular flexibility index (Phi) is 6.50. The van der Waals surface area contributed by atoms with Crippen LogP contribution in [0.3, 0.4) is 0 Å². The molecule has 0 unspecified atom stereocenters. The maximum atomic E-state index is 12.2.